The summed E-state index contributed by atoms with van der Waals surface area (Å²) >= 11 is 1.22. The quantitative estimate of drug-likeness (QED) is 0.571. The van der Waals surface area contributed by atoms with E-state index >= 15 is 0 Å². The van der Waals surface area contributed by atoms with E-state index in [1.54, 1.807) is 14.0 Å². The second-order valence-electron chi connectivity index (χ2n) is 7.33. The number of carbonyl (C=O) groups is 1. The number of hydrogen-bond donors (Lipinski definition) is 2. The average Bonchev–Trinajstić information content (AvgIpc) is 2.87. The van der Waals surface area contributed by atoms with Gasteiger partial charge in [0.05, 0.1) is 29.6 Å². The zero-order valence-corrected chi connectivity index (χ0v) is 16.8. The van der Waals surface area contributed by atoms with Crippen LogP contribution in [0.3, 0.4) is 0 Å². The van der Waals surface area contributed by atoms with E-state index in [9.17, 15) is 14.4 Å². The van der Waals surface area contributed by atoms with Crippen LogP contribution in [0.4, 0.5) is 4.79 Å². The van der Waals surface area contributed by atoms with Crippen LogP contribution in [-0.4, -0.2) is 40.3 Å². The fraction of sp³-hybridized carbons (Fsp3) is 0.529. The van der Waals surface area contributed by atoms with E-state index in [0.717, 1.165) is 0 Å². The Balaban J connectivity index is 2.75. The number of methoxy groups -OCH3 is 1. The maximum absolute atomic E-state index is 13.0. The molecule has 2 rings (SSSR count). The molecule has 2 N–H and O–H groups in total. The monoisotopic (exact) mass is 396 g/mol. The molecule has 0 aliphatic rings. The zero-order chi connectivity index (χ0) is 20.4. The van der Waals surface area contributed by atoms with Gasteiger partial charge in [0.25, 0.3) is 5.56 Å². The van der Waals surface area contributed by atoms with Crippen molar-refractivity contribution in [3.8, 4) is 0 Å². The van der Waals surface area contributed by atoms with Gasteiger partial charge < -0.3 is 9.84 Å². The van der Waals surface area contributed by atoms with E-state index in [0.29, 0.717) is 33.8 Å². The number of hydrogen-bond acceptors (Lipinski definition) is 6. The number of aromatic nitrogens is 2. The summed E-state index contributed by atoms with van der Waals surface area (Å²) in [4.78, 5) is 37.7. The Labute approximate surface area is 159 Å². The Morgan fingerprint density at radius 2 is 2.00 bits per heavy atom. The highest BCUT2D eigenvalue weighted by Gasteiger charge is 2.22. The number of nitrogens with zero attached hydrogens (tertiary/aromatic N) is 3. The minimum absolute atomic E-state index is 0.255. The number of rotatable bonds is 6. The molecule has 0 spiro atoms. The Morgan fingerprint density at radius 3 is 2.56 bits per heavy atom. The Hall–Kier alpha value is -2.46. The molecule has 0 saturated heterocycles. The number of hydrazone groups is 1. The summed E-state index contributed by atoms with van der Waals surface area (Å²) < 4.78 is 7.90. The smallest absolute Gasteiger partial charge is 0.425 e. The van der Waals surface area contributed by atoms with E-state index < -0.39 is 6.09 Å². The Bertz CT molecular complexity index is 994. The van der Waals surface area contributed by atoms with Gasteiger partial charge in [-0.05, 0) is 17.9 Å². The van der Waals surface area contributed by atoms with Gasteiger partial charge in [-0.3, -0.25) is 13.9 Å². The minimum Gasteiger partial charge on any atom is -0.464 e. The molecule has 27 heavy (non-hydrogen) atoms. The predicted octanol–water partition coefficient (Wildman–Crippen LogP) is 1.83. The number of aryl methyl sites for hydroxylation is 1. The summed E-state index contributed by atoms with van der Waals surface area (Å²) in [5.74, 6) is 0. The number of carboxylic acid groups (broad SMARTS) is 1. The normalized spacial score (nSPS) is 12.2. The van der Waals surface area contributed by atoms with Crippen molar-refractivity contribution in [2.75, 3.05) is 13.7 Å². The molecule has 1 amide bonds. The first-order valence-corrected chi connectivity index (χ1v) is 9.16. The molecule has 148 valence electrons. The lowest BCUT2D eigenvalue weighted by Gasteiger charge is -2.20. The molecule has 2 aromatic heterocycles. The number of fused-ring (bicyclic) bond motifs is 1. The molecule has 2 heterocycles. The molecule has 0 atom stereocenters. The van der Waals surface area contributed by atoms with Crippen LogP contribution in [-0.2, 0) is 17.8 Å². The highest BCUT2D eigenvalue weighted by Crippen LogP contribution is 2.27. The summed E-state index contributed by atoms with van der Waals surface area (Å²) in [6.45, 7) is 8.54. The molecule has 0 fully saturated rings. The molecule has 0 aliphatic carbocycles. The van der Waals surface area contributed by atoms with Crippen molar-refractivity contribution >= 4 is 33.9 Å². The molecule has 0 saturated carbocycles. The Kier molecular flexibility index (Phi) is 6.22. The second-order valence-corrected chi connectivity index (χ2v) is 8.36. The molecule has 9 nitrogen and oxygen atoms in total. The molecule has 0 unspecified atom stereocenters. The summed E-state index contributed by atoms with van der Waals surface area (Å²) in [6, 6.07) is 0. The maximum Gasteiger partial charge on any atom is 0.425 e. The largest absolute Gasteiger partial charge is 0.464 e. The van der Waals surface area contributed by atoms with Gasteiger partial charge in [-0.25, -0.2) is 15.0 Å². The van der Waals surface area contributed by atoms with Gasteiger partial charge in [-0.2, -0.15) is 5.10 Å². The molecule has 10 heteroatoms. The third-order valence-electron chi connectivity index (χ3n) is 3.82. The van der Waals surface area contributed by atoms with Crippen molar-refractivity contribution < 1.29 is 14.6 Å². The van der Waals surface area contributed by atoms with E-state index in [1.165, 1.54) is 26.7 Å². The van der Waals surface area contributed by atoms with E-state index in [-0.39, 0.29) is 23.2 Å². The fourth-order valence-corrected chi connectivity index (χ4v) is 3.87. The van der Waals surface area contributed by atoms with Crippen molar-refractivity contribution in [3.05, 3.63) is 31.3 Å². The SMILES string of the molecule is COCCn1c(=O)n(CC(C)(C)C)c(=O)c2c(C)c(C=NNC(=O)O)sc21. The van der Waals surface area contributed by atoms with Gasteiger partial charge in [-0.15, -0.1) is 11.3 Å². The standard InChI is InChI=1S/C17H24N4O5S/c1-10-11(8-18-19-15(23)24)27-14-12(10)13(22)21(9-17(2,3)4)16(25)20(14)6-7-26-5/h8,19H,6-7,9H2,1-5H3,(H,23,24). The summed E-state index contributed by atoms with van der Waals surface area (Å²) in [7, 11) is 1.54. The highest BCUT2D eigenvalue weighted by atomic mass is 32.1. The molecule has 0 bridgehead atoms. The molecular formula is C17H24N4O5S. The third kappa shape index (κ3) is 4.64. The molecule has 0 aromatic carbocycles. The van der Waals surface area contributed by atoms with Crippen LogP contribution in [0.2, 0.25) is 0 Å². The second kappa shape index (κ2) is 8.05. The van der Waals surface area contributed by atoms with Crippen molar-refractivity contribution in [2.24, 2.45) is 10.5 Å². The fourth-order valence-electron chi connectivity index (χ4n) is 2.67. The van der Waals surface area contributed by atoms with Crippen molar-refractivity contribution in [1.82, 2.24) is 14.6 Å². The third-order valence-corrected chi connectivity index (χ3v) is 5.07. The first kappa shape index (κ1) is 20.8. The first-order chi connectivity index (χ1) is 12.6. The van der Waals surface area contributed by atoms with Gasteiger partial charge in [0, 0.05) is 13.7 Å². The van der Waals surface area contributed by atoms with Crippen LogP contribution in [0.1, 0.15) is 31.2 Å². The van der Waals surface area contributed by atoms with Crippen molar-refractivity contribution in [3.63, 3.8) is 0 Å². The lowest BCUT2D eigenvalue weighted by Crippen LogP contribution is -2.42. The summed E-state index contributed by atoms with van der Waals surface area (Å²) in [5, 5.41) is 12.7. The van der Waals surface area contributed by atoms with Crippen molar-refractivity contribution in [2.45, 2.75) is 40.8 Å². The van der Waals surface area contributed by atoms with Gasteiger partial charge in [0.15, 0.2) is 0 Å². The van der Waals surface area contributed by atoms with Gasteiger partial charge in [-0.1, -0.05) is 20.8 Å². The van der Waals surface area contributed by atoms with Crippen LogP contribution >= 0.6 is 11.3 Å². The molecule has 2 aromatic rings. The van der Waals surface area contributed by atoms with Gasteiger partial charge in [0.2, 0.25) is 0 Å². The Morgan fingerprint density at radius 1 is 1.33 bits per heavy atom. The maximum atomic E-state index is 13.0. The summed E-state index contributed by atoms with van der Waals surface area (Å²) in [5.41, 5.74) is 1.58. The van der Waals surface area contributed by atoms with Gasteiger partial charge >= 0.3 is 11.8 Å². The lowest BCUT2D eigenvalue weighted by molar-refractivity contribution is 0.186. The van der Waals surface area contributed by atoms with E-state index in [2.05, 4.69) is 5.10 Å². The minimum atomic E-state index is -1.28. The van der Waals surface area contributed by atoms with Crippen LogP contribution in [0.5, 0.6) is 0 Å². The first-order valence-electron chi connectivity index (χ1n) is 8.34. The number of ether oxygens (including phenoxy) is 1. The van der Waals surface area contributed by atoms with E-state index in [4.69, 9.17) is 9.84 Å². The number of nitrogens with one attached hydrogen (secondary N) is 1. The topological polar surface area (TPSA) is 115 Å². The lowest BCUT2D eigenvalue weighted by atomic mass is 9.97. The van der Waals surface area contributed by atoms with Crippen LogP contribution in [0.25, 0.3) is 10.2 Å². The zero-order valence-electron chi connectivity index (χ0n) is 16.0. The molecular weight excluding hydrogens is 372 g/mol. The van der Waals surface area contributed by atoms with E-state index in [1.807, 2.05) is 26.2 Å². The van der Waals surface area contributed by atoms with Crippen LogP contribution < -0.4 is 16.7 Å². The van der Waals surface area contributed by atoms with Crippen LogP contribution in [0, 0.1) is 12.3 Å². The molecule has 0 radical (unpaired) electrons. The van der Waals surface area contributed by atoms with Crippen molar-refractivity contribution in [1.29, 1.82) is 0 Å². The number of thiophene rings is 1. The predicted molar refractivity (Wildman–Crippen MR) is 105 cm³/mol. The average molecular weight is 396 g/mol. The van der Waals surface area contributed by atoms with Crippen LogP contribution in [0.15, 0.2) is 14.7 Å². The molecule has 0 aliphatic heterocycles. The summed E-state index contributed by atoms with van der Waals surface area (Å²) in [6.07, 6.45) is 0.0573. The highest BCUT2D eigenvalue weighted by molar-refractivity contribution is 7.20. The van der Waals surface area contributed by atoms with Gasteiger partial charge in [0.1, 0.15) is 4.83 Å². The number of amides is 1.